The number of hydrogen-bond donors (Lipinski definition) is 0. The van der Waals surface area contributed by atoms with Crippen LogP contribution in [-0.2, 0) is 16.2 Å². The lowest BCUT2D eigenvalue weighted by Gasteiger charge is -2.46. The average Bonchev–Trinajstić information content (AvgIpc) is 3.94. The zero-order chi connectivity index (χ0) is 47.7. The van der Waals surface area contributed by atoms with Crippen LogP contribution < -0.4 is 15.1 Å². The number of fused-ring (bicyclic) bond motifs is 16. The van der Waals surface area contributed by atoms with Crippen molar-refractivity contribution in [2.75, 3.05) is 4.90 Å². The van der Waals surface area contributed by atoms with Crippen molar-refractivity contribution < 1.29 is 0 Å². The highest BCUT2D eigenvalue weighted by Crippen LogP contribution is 2.57. The third-order valence-corrected chi connectivity index (χ3v) is 21.1. The second-order valence-electron chi connectivity index (χ2n) is 24.8. The van der Waals surface area contributed by atoms with Crippen LogP contribution in [0.1, 0.15) is 127 Å². The van der Waals surface area contributed by atoms with Gasteiger partial charge >= 0.3 is 6.85 Å². The van der Waals surface area contributed by atoms with Crippen molar-refractivity contribution in [3.05, 3.63) is 162 Å². The minimum atomic E-state index is -0.0134. The molecule has 16 rings (SSSR count). The number of benzene rings is 8. The Morgan fingerprint density at radius 2 is 1.18 bits per heavy atom. The Bertz CT molecular complexity index is 3900. The van der Waals surface area contributed by atoms with E-state index < -0.39 is 0 Å². The molecule has 0 unspecified atom stereocenters. The lowest BCUT2D eigenvalue weighted by atomic mass is 9.48. The van der Waals surface area contributed by atoms with Crippen LogP contribution in [0.4, 0.5) is 17.1 Å². The third kappa shape index (κ3) is 5.96. The van der Waals surface area contributed by atoms with Crippen molar-refractivity contribution in [3.8, 4) is 22.3 Å². The normalized spacial score (nSPS) is 23.3. The standard InChI is InChI=1S/C68H63BN2S/c1-66(2,3)48-25-27-58(52(36-48)44-19-5-4-6-20-44)70-63-51-24-10-9-23-47(51)34-54-56-39-50(68-31-13-17-43(41-68)18-14-32-68)38-55-53-37-49(67-29-11-15-42(40-67)16-12-30-67)26-28-59(53)71(62(55)56)69(61(54)63)65-64(70)57-33-45-21-7-8-22-46(45)35-60(57)72-65/h4-10,19-28,33-39,42-43H,11-18,29-32,40-41H2,1-3H3. The molecule has 0 N–H and O–H groups in total. The van der Waals surface area contributed by atoms with Gasteiger partial charge in [0.2, 0.25) is 0 Å². The van der Waals surface area contributed by atoms with E-state index in [1.54, 1.807) is 11.1 Å². The number of rotatable bonds is 4. The molecule has 4 fully saturated rings. The molecular weight excluding hydrogens is 888 g/mol. The van der Waals surface area contributed by atoms with Gasteiger partial charge < -0.3 is 9.38 Å². The Balaban J connectivity index is 1.06. The van der Waals surface area contributed by atoms with E-state index in [2.05, 4.69) is 176 Å². The van der Waals surface area contributed by atoms with Crippen molar-refractivity contribution in [3.63, 3.8) is 0 Å². The molecule has 0 saturated heterocycles. The van der Waals surface area contributed by atoms with Gasteiger partial charge in [0.25, 0.3) is 0 Å². The Hall–Kier alpha value is -6.10. The van der Waals surface area contributed by atoms with Gasteiger partial charge in [0.05, 0.1) is 17.1 Å². The molecule has 6 aliphatic rings. The van der Waals surface area contributed by atoms with Crippen LogP contribution in [0.2, 0.25) is 0 Å². The van der Waals surface area contributed by atoms with E-state index in [9.17, 15) is 0 Å². The molecule has 2 aliphatic heterocycles. The van der Waals surface area contributed by atoms with Gasteiger partial charge in [-0.15, -0.1) is 11.3 Å². The van der Waals surface area contributed by atoms with Gasteiger partial charge in [-0.2, -0.15) is 0 Å². The summed E-state index contributed by atoms with van der Waals surface area (Å²) in [6, 6.07) is 58.3. The van der Waals surface area contributed by atoms with Crippen LogP contribution in [0.15, 0.2) is 146 Å². The number of anilines is 3. The topological polar surface area (TPSA) is 8.17 Å². The Morgan fingerprint density at radius 3 is 1.90 bits per heavy atom. The predicted octanol–water partition coefficient (Wildman–Crippen LogP) is 17.9. The summed E-state index contributed by atoms with van der Waals surface area (Å²) in [7, 11) is 0. The zero-order valence-corrected chi connectivity index (χ0v) is 43.1. The molecule has 10 aromatic rings. The smallest absolute Gasteiger partial charge is 0.343 e. The van der Waals surface area contributed by atoms with Gasteiger partial charge in [-0.1, -0.05) is 163 Å². The second kappa shape index (κ2) is 15.2. The largest absolute Gasteiger partial charge is 0.375 e. The van der Waals surface area contributed by atoms with Crippen molar-refractivity contribution in [1.82, 2.24) is 4.48 Å². The molecule has 4 heterocycles. The van der Waals surface area contributed by atoms with E-state index in [0.717, 1.165) is 11.8 Å². The van der Waals surface area contributed by atoms with Crippen molar-refractivity contribution >= 4 is 98.9 Å². The molecule has 8 aromatic carbocycles. The summed E-state index contributed by atoms with van der Waals surface area (Å²) in [5, 5.41) is 9.58. The van der Waals surface area contributed by atoms with Crippen LogP contribution in [0, 0.1) is 11.8 Å². The van der Waals surface area contributed by atoms with Crippen LogP contribution in [-0.4, -0.2) is 11.3 Å². The lowest BCUT2D eigenvalue weighted by molar-refractivity contribution is 0.149. The van der Waals surface area contributed by atoms with Gasteiger partial charge in [-0.25, -0.2) is 0 Å². The highest BCUT2D eigenvalue weighted by Gasteiger charge is 2.48. The molecule has 4 aliphatic carbocycles. The highest BCUT2D eigenvalue weighted by atomic mass is 32.1. The molecular formula is C68H63BN2S. The van der Waals surface area contributed by atoms with Crippen LogP contribution >= 0.6 is 11.3 Å². The molecule has 354 valence electrons. The summed E-state index contributed by atoms with van der Waals surface area (Å²) >= 11 is 2.05. The molecule has 4 bridgehead atoms. The summed E-state index contributed by atoms with van der Waals surface area (Å²) in [6.07, 6.45) is 19.2. The van der Waals surface area contributed by atoms with E-state index in [4.69, 9.17) is 0 Å². The fourth-order valence-electron chi connectivity index (χ4n) is 16.5. The van der Waals surface area contributed by atoms with E-state index in [-0.39, 0.29) is 17.7 Å². The van der Waals surface area contributed by atoms with Gasteiger partial charge in [-0.05, 0) is 171 Å². The molecule has 72 heavy (non-hydrogen) atoms. The summed E-state index contributed by atoms with van der Waals surface area (Å²) in [6.45, 7) is 7.08. The SMILES string of the molecule is CC(C)(C)c1ccc(N2c3c4c(cc5ccccc35)-c3cc(C56CCCC(CCC5)C6)cc5c6cc(C78CCCC(CCC7)C8)ccc6n(c35)B4c3sc4cc5ccccc5cc4c32)c(-c2ccccc2)c1. The second-order valence-corrected chi connectivity index (χ2v) is 25.9. The molecule has 4 heteroatoms. The maximum Gasteiger partial charge on any atom is 0.343 e. The van der Waals surface area contributed by atoms with Gasteiger partial charge in [0.15, 0.2) is 0 Å². The third-order valence-electron chi connectivity index (χ3n) is 19.9. The van der Waals surface area contributed by atoms with E-state index >= 15 is 0 Å². The quantitative estimate of drug-likeness (QED) is 0.160. The van der Waals surface area contributed by atoms with Crippen LogP contribution in [0.5, 0.6) is 0 Å². The van der Waals surface area contributed by atoms with Gasteiger partial charge in [0, 0.05) is 53.2 Å². The number of thiophene rings is 1. The Morgan fingerprint density at radius 1 is 0.528 bits per heavy atom. The van der Waals surface area contributed by atoms with Gasteiger partial charge in [-0.3, -0.25) is 0 Å². The first-order valence-electron chi connectivity index (χ1n) is 27.9. The molecule has 0 radical (unpaired) electrons. The van der Waals surface area contributed by atoms with Crippen molar-refractivity contribution in [2.24, 2.45) is 11.8 Å². The molecule has 0 spiro atoms. The molecule has 4 saturated carbocycles. The molecule has 2 nitrogen and oxygen atoms in total. The number of nitrogens with zero attached hydrogens (tertiary/aromatic N) is 2. The first-order chi connectivity index (χ1) is 35.2. The first kappa shape index (κ1) is 42.4. The lowest BCUT2D eigenvalue weighted by Crippen LogP contribution is -2.55. The van der Waals surface area contributed by atoms with E-state index in [1.165, 1.54) is 198 Å². The number of hydrogen-bond acceptors (Lipinski definition) is 2. The summed E-state index contributed by atoms with van der Waals surface area (Å²) in [5.74, 6) is 1.74. The maximum atomic E-state index is 2.89. The average molecular weight is 951 g/mol. The molecule has 0 atom stereocenters. The van der Waals surface area contributed by atoms with E-state index in [0.29, 0.717) is 5.41 Å². The van der Waals surface area contributed by atoms with Crippen LogP contribution in [0.25, 0.3) is 75.7 Å². The highest BCUT2D eigenvalue weighted by molar-refractivity contribution is 7.32. The zero-order valence-electron chi connectivity index (χ0n) is 42.3. The fourth-order valence-corrected chi connectivity index (χ4v) is 17.9. The Labute approximate surface area is 429 Å². The molecule has 2 aromatic heterocycles. The summed E-state index contributed by atoms with van der Waals surface area (Å²) in [5.41, 5.74) is 18.8. The van der Waals surface area contributed by atoms with E-state index in [1.807, 2.05) is 11.3 Å². The van der Waals surface area contributed by atoms with Crippen LogP contribution in [0.3, 0.4) is 0 Å². The number of aromatic nitrogens is 1. The first-order valence-corrected chi connectivity index (χ1v) is 28.7. The monoisotopic (exact) mass is 950 g/mol. The fraction of sp³-hybridized carbons (Fsp3) is 0.324. The Kier molecular flexibility index (Phi) is 8.97. The van der Waals surface area contributed by atoms with Crippen molar-refractivity contribution in [1.29, 1.82) is 0 Å². The predicted molar refractivity (Wildman–Crippen MR) is 309 cm³/mol. The summed E-state index contributed by atoms with van der Waals surface area (Å²) < 4.78 is 5.70. The summed E-state index contributed by atoms with van der Waals surface area (Å²) in [4.78, 5) is 2.78. The minimum Gasteiger partial charge on any atom is -0.375 e. The van der Waals surface area contributed by atoms with Crippen molar-refractivity contribution in [2.45, 2.75) is 127 Å². The molecule has 0 amide bonds. The maximum absolute atomic E-state index is 2.89. The van der Waals surface area contributed by atoms with Gasteiger partial charge in [0.1, 0.15) is 0 Å². The minimum absolute atomic E-state index is 0.00315.